The topological polar surface area (TPSA) is 12.9 Å². The van der Waals surface area contributed by atoms with Crippen LogP contribution in [0.2, 0.25) is 0 Å². The third kappa shape index (κ3) is 1.43. The molecule has 2 heteroatoms. The van der Waals surface area contributed by atoms with Crippen LogP contribution in [0.4, 0.5) is 0 Å². The van der Waals surface area contributed by atoms with Crippen LogP contribution in [0, 0.1) is 12.3 Å². The van der Waals surface area contributed by atoms with Crippen LogP contribution in [0.1, 0.15) is 5.69 Å². The Kier molecular flexibility index (Phi) is 2.03. The third-order valence-corrected chi connectivity index (χ3v) is 2.42. The van der Waals surface area contributed by atoms with Gasteiger partial charge in [0, 0.05) is 5.39 Å². The van der Waals surface area contributed by atoms with Crippen LogP contribution in [0.15, 0.2) is 34.8 Å². The highest BCUT2D eigenvalue weighted by Gasteiger charge is 2.00. The molecule has 2 rings (SSSR count). The number of nitrogens with zero attached hydrogens (tertiary/aromatic N) is 1. The molecule has 2 aromatic rings. The molecular formula is C11H6BrN. The van der Waals surface area contributed by atoms with Crippen molar-refractivity contribution < 1.29 is 0 Å². The van der Waals surface area contributed by atoms with E-state index in [1.54, 1.807) is 0 Å². The molecule has 0 fully saturated rings. The first-order valence-corrected chi connectivity index (χ1v) is 4.62. The van der Waals surface area contributed by atoms with Crippen molar-refractivity contribution in [3.8, 4) is 12.3 Å². The SMILES string of the molecule is C#Cc1nc2ccccc2cc1Br. The smallest absolute Gasteiger partial charge is 0.127 e. The summed E-state index contributed by atoms with van der Waals surface area (Å²) >= 11 is 3.37. The molecule has 0 saturated carbocycles. The monoisotopic (exact) mass is 231 g/mol. The van der Waals surface area contributed by atoms with Crippen molar-refractivity contribution in [3.63, 3.8) is 0 Å². The van der Waals surface area contributed by atoms with Gasteiger partial charge in [0.25, 0.3) is 0 Å². The summed E-state index contributed by atoms with van der Waals surface area (Å²) in [5, 5.41) is 1.09. The lowest BCUT2D eigenvalue weighted by Gasteiger charge is -1.99. The van der Waals surface area contributed by atoms with Crippen molar-refractivity contribution in [1.29, 1.82) is 0 Å². The number of para-hydroxylation sites is 1. The molecule has 1 aromatic carbocycles. The van der Waals surface area contributed by atoms with Gasteiger partial charge in [0.05, 0.1) is 9.99 Å². The predicted molar refractivity (Wildman–Crippen MR) is 57.4 cm³/mol. The average molecular weight is 232 g/mol. The summed E-state index contributed by atoms with van der Waals surface area (Å²) in [5.74, 6) is 2.53. The third-order valence-electron chi connectivity index (χ3n) is 1.81. The Morgan fingerprint density at radius 1 is 1.31 bits per heavy atom. The van der Waals surface area contributed by atoms with Crippen molar-refractivity contribution in [1.82, 2.24) is 4.98 Å². The van der Waals surface area contributed by atoms with E-state index in [1.165, 1.54) is 0 Å². The number of halogens is 1. The number of hydrogen-bond donors (Lipinski definition) is 0. The molecule has 0 aliphatic heterocycles. The van der Waals surface area contributed by atoms with Crippen molar-refractivity contribution in [2.24, 2.45) is 0 Å². The Balaban J connectivity index is 2.83. The van der Waals surface area contributed by atoms with E-state index in [0.717, 1.165) is 15.4 Å². The number of terminal acetylenes is 1. The molecule has 1 heterocycles. The quantitative estimate of drug-likeness (QED) is 0.636. The molecule has 0 amide bonds. The van der Waals surface area contributed by atoms with Crippen LogP contribution in [-0.2, 0) is 0 Å². The first kappa shape index (κ1) is 8.28. The van der Waals surface area contributed by atoms with Gasteiger partial charge in [0.1, 0.15) is 5.69 Å². The summed E-state index contributed by atoms with van der Waals surface area (Å²) in [6.45, 7) is 0. The summed E-state index contributed by atoms with van der Waals surface area (Å²) < 4.78 is 0.869. The fourth-order valence-corrected chi connectivity index (χ4v) is 1.64. The van der Waals surface area contributed by atoms with Gasteiger partial charge in [0.15, 0.2) is 0 Å². The molecule has 0 unspecified atom stereocenters. The van der Waals surface area contributed by atoms with Gasteiger partial charge in [-0.3, -0.25) is 0 Å². The maximum absolute atomic E-state index is 5.30. The number of fused-ring (bicyclic) bond motifs is 1. The molecule has 0 spiro atoms. The largest absolute Gasteiger partial charge is 0.238 e. The van der Waals surface area contributed by atoms with E-state index in [2.05, 4.69) is 26.8 Å². The second-order valence-corrected chi connectivity index (χ2v) is 3.51. The molecule has 62 valence electrons. The molecule has 1 aromatic heterocycles. The molecule has 1 nitrogen and oxygen atoms in total. The van der Waals surface area contributed by atoms with Crippen molar-refractivity contribution in [3.05, 3.63) is 40.5 Å². The van der Waals surface area contributed by atoms with E-state index < -0.39 is 0 Å². The summed E-state index contributed by atoms with van der Waals surface area (Å²) in [4.78, 5) is 4.31. The molecule has 0 saturated heterocycles. The van der Waals surface area contributed by atoms with Gasteiger partial charge in [-0.25, -0.2) is 4.98 Å². The predicted octanol–water partition coefficient (Wildman–Crippen LogP) is 2.98. The molecule has 0 aliphatic rings. The van der Waals surface area contributed by atoms with Crippen LogP contribution in [0.3, 0.4) is 0 Å². The summed E-state index contributed by atoms with van der Waals surface area (Å²) in [6.07, 6.45) is 5.30. The van der Waals surface area contributed by atoms with Gasteiger partial charge < -0.3 is 0 Å². The van der Waals surface area contributed by atoms with Gasteiger partial charge in [-0.15, -0.1) is 6.42 Å². The van der Waals surface area contributed by atoms with Crippen LogP contribution in [0.25, 0.3) is 10.9 Å². The second kappa shape index (κ2) is 3.20. The van der Waals surface area contributed by atoms with Gasteiger partial charge >= 0.3 is 0 Å². The van der Waals surface area contributed by atoms with Crippen molar-refractivity contribution in [2.45, 2.75) is 0 Å². The summed E-state index contributed by atoms with van der Waals surface area (Å²) in [5.41, 5.74) is 1.58. The van der Waals surface area contributed by atoms with Gasteiger partial charge in [-0.2, -0.15) is 0 Å². The Morgan fingerprint density at radius 2 is 2.08 bits per heavy atom. The Bertz CT molecular complexity index is 497. The molecule has 0 N–H and O–H groups in total. The Labute approximate surface area is 84.9 Å². The lowest BCUT2D eigenvalue weighted by atomic mass is 10.2. The van der Waals surface area contributed by atoms with Crippen molar-refractivity contribution >= 4 is 26.8 Å². The van der Waals surface area contributed by atoms with Gasteiger partial charge in [-0.05, 0) is 34.0 Å². The minimum Gasteiger partial charge on any atom is -0.238 e. The first-order chi connectivity index (χ1) is 6.31. The number of aromatic nitrogens is 1. The van der Waals surface area contributed by atoms with E-state index in [1.807, 2.05) is 30.3 Å². The minimum absolute atomic E-state index is 0.652. The number of benzene rings is 1. The zero-order valence-electron chi connectivity index (χ0n) is 6.79. The van der Waals surface area contributed by atoms with E-state index in [9.17, 15) is 0 Å². The van der Waals surface area contributed by atoms with Gasteiger partial charge in [-0.1, -0.05) is 18.2 Å². The van der Waals surface area contributed by atoms with Crippen LogP contribution >= 0.6 is 15.9 Å². The highest BCUT2D eigenvalue weighted by atomic mass is 79.9. The molecule has 0 bridgehead atoms. The maximum Gasteiger partial charge on any atom is 0.127 e. The lowest BCUT2D eigenvalue weighted by Crippen LogP contribution is -1.85. The van der Waals surface area contributed by atoms with E-state index in [4.69, 9.17) is 6.42 Å². The molecular weight excluding hydrogens is 226 g/mol. The fraction of sp³-hybridized carbons (Fsp3) is 0. The van der Waals surface area contributed by atoms with E-state index in [-0.39, 0.29) is 0 Å². The summed E-state index contributed by atoms with van der Waals surface area (Å²) in [7, 11) is 0. The first-order valence-electron chi connectivity index (χ1n) is 3.83. The molecule has 0 atom stereocenters. The summed E-state index contributed by atoms with van der Waals surface area (Å²) in [6, 6.07) is 9.86. The number of pyridine rings is 1. The lowest BCUT2D eigenvalue weighted by molar-refractivity contribution is 1.34. The fourth-order valence-electron chi connectivity index (χ4n) is 1.19. The van der Waals surface area contributed by atoms with Crippen LogP contribution in [-0.4, -0.2) is 4.98 Å². The highest BCUT2D eigenvalue weighted by molar-refractivity contribution is 9.10. The normalized spacial score (nSPS) is 9.85. The highest BCUT2D eigenvalue weighted by Crippen LogP contribution is 2.20. The maximum atomic E-state index is 5.30. The number of rotatable bonds is 0. The zero-order valence-corrected chi connectivity index (χ0v) is 8.38. The molecule has 0 radical (unpaired) electrons. The van der Waals surface area contributed by atoms with E-state index >= 15 is 0 Å². The standard InChI is InChI=1S/C11H6BrN/c1-2-10-9(12)7-8-5-3-4-6-11(8)13-10/h1,3-7H. The second-order valence-electron chi connectivity index (χ2n) is 2.66. The van der Waals surface area contributed by atoms with E-state index in [0.29, 0.717) is 5.69 Å². The van der Waals surface area contributed by atoms with Crippen LogP contribution < -0.4 is 0 Å². The average Bonchev–Trinajstić information content (AvgIpc) is 2.17. The zero-order chi connectivity index (χ0) is 9.26. The van der Waals surface area contributed by atoms with Gasteiger partial charge in [0.2, 0.25) is 0 Å². The van der Waals surface area contributed by atoms with Crippen molar-refractivity contribution in [2.75, 3.05) is 0 Å². The molecule has 0 aliphatic carbocycles. The molecule has 13 heavy (non-hydrogen) atoms. The number of hydrogen-bond acceptors (Lipinski definition) is 1. The Morgan fingerprint density at radius 3 is 2.85 bits per heavy atom. The minimum atomic E-state index is 0.652. The van der Waals surface area contributed by atoms with Crippen LogP contribution in [0.5, 0.6) is 0 Å². The Hall–Kier alpha value is -1.33.